The summed E-state index contributed by atoms with van der Waals surface area (Å²) in [5.74, 6) is 0. The number of aromatic nitrogens is 2. The van der Waals surface area contributed by atoms with Gasteiger partial charge in [0.2, 0.25) is 0 Å². The number of hydrogen-bond donors (Lipinski definition) is 0. The van der Waals surface area contributed by atoms with Gasteiger partial charge in [0.15, 0.2) is 0 Å². The molecule has 12 rings (SSSR count). The first-order valence-electron chi connectivity index (χ1n) is 16.6. The molecule has 0 bridgehead atoms. The number of fused-ring (bicyclic) bond motifs is 15. The molecular weight excluding hydrogens is 603 g/mol. The molecule has 0 aliphatic rings. The molecule has 5 aromatic heterocycles. The van der Waals surface area contributed by atoms with Gasteiger partial charge < -0.3 is 13.7 Å². The van der Waals surface area contributed by atoms with E-state index in [-0.39, 0.29) is 0 Å². The second kappa shape index (κ2) is 9.00. The first-order chi connectivity index (χ1) is 24.3. The van der Waals surface area contributed by atoms with Crippen LogP contribution in [0.2, 0.25) is 0 Å². The fourth-order valence-corrected chi connectivity index (χ4v) is 8.42. The Balaban J connectivity index is 1.22. The largest absolute Gasteiger partial charge is 0.456 e. The zero-order valence-corrected chi connectivity index (χ0v) is 26.1. The number of furan rings is 2. The summed E-state index contributed by atoms with van der Waals surface area (Å²) in [6, 6.07) is 53.8. The van der Waals surface area contributed by atoms with E-state index in [0.717, 1.165) is 60.9 Å². The number of imidazole rings is 1. The minimum Gasteiger partial charge on any atom is -0.456 e. The van der Waals surface area contributed by atoms with Gasteiger partial charge in [0.25, 0.3) is 0 Å². The van der Waals surface area contributed by atoms with Crippen molar-refractivity contribution >= 4 is 105 Å². The average molecular weight is 628 g/mol. The van der Waals surface area contributed by atoms with Crippen LogP contribution in [0.5, 0.6) is 0 Å². The van der Waals surface area contributed by atoms with Crippen molar-refractivity contribution in [3.05, 3.63) is 152 Å². The van der Waals surface area contributed by atoms with Crippen LogP contribution in [0.3, 0.4) is 0 Å². The molecule has 5 nitrogen and oxygen atoms in total. The molecule has 5 heteroatoms. The Morgan fingerprint density at radius 1 is 0.367 bits per heavy atom. The summed E-state index contributed by atoms with van der Waals surface area (Å²) >= 11 is 0. The molecule has 7 aromatic carbocycles. The topological polar surface area (TPSA) is 38.3 Å². The molecule has 0 radical (unpaired) electrons. The Bertz CT molecular complexity index is 3180. The Kier molecular flexibility index (Phi) is 4.66. The maximum Gasteiger partial charge on any atom is 0.137 e. The van der Waals surface area contributed by atoms with E-state index in [2.05, 4.69) is 141 Å². The summed E-state index contributed by atoms with van der Waals surface area (Å²) in [5, 5.41) is 8.14. The van der Waals surface area contributed by atoms with E-state index in [1.807, 2.05) is 24.3 Å². The molecule has 0 amide bonds. The third kappa shape index (κ3) is 3.19. The van der Waals surface area contributed by atoms with Crippen molar-refractivity contribution in [2.24, 2.45) is 0 Å². The third-order valence-electron chi connectivity index (χ3n) is 10.4. The van der Waals surface area contributed by atoms with Gasteiger partial charge in [0.1, 0.15) is 28.0 Å². The molecule has 228 valence electrons. The minimum atomic E-state index is 0.857. The molecule has 12 aromatic rings. The van der Waals surface area contributed by atoms with Crippen molar-refractivity contribution in [3.63, 3.8) is 0 Å². The van der Waals surface area contributed by atoms with E-state index in [4.69, 9.17) is 8.83 Å². The quantitative estimate of drug-likeness (QED) is 0.196. The Labute approximate surface area is 278 Å². The molecule has 0 spiro atoms. The lowest BCUT2D eigenvalue weighted by atomic mass is 10.1. The van der Waals surface area contributed by atoms with Crippen molar-refractivity contribution in [1.82, 2.24) is 8.80 Å². The molecular formula is C44H25N3O2. The fraction of sp³-hybridized carbons (Fsp3) is 0. The predicted octanol–water partition coefficient (Wildman–Crippen LogP) is 12.4. The summed E-state index contributed by atoms with van der Waals surface area (Å²) in [6.45, 7) is 0. The Hall–Kier alpha value is -6.72. The van der Waals surface area contributed by atoms with E-state index in [0.29, 0.717) is 0 Å². The number of rotatable bonds is 3. The molecule has 0 aliphatic carbocycles. The number of nitrogens with zero attached hydrogens (tertiary/aromatic N) is 3. The highest BCUT2D eigenvalue weighted by molar-refractivity contribution is 6.27. The van der Waals surface area contributed by atoms with Crippen molar-refractivity contribution in [3.8, 4) is 0 Å². The summed E-state index contributed by atoms with van der Waals surface area (Å²) in [5.41, 5.74) is 12.6. The van der Waals surface area contributed by atoms with Gasteiger partial charge in [-0.3, -0.25) is 8.80 Å². The maximum absolute atomic E-state index is 6.44. The standard InChI is InChI=1S/C44H25N3O2/c1-4-13-33-32(12-1)42-43-36(16-9-17-37(43)47-35-15-6-5-14-34(35)46(33)44(42)47)45(26-20-22-30-28-10-2-7-18-38(28)48-40(30)24-26)27-21-23-31-29-11-3-8-19-39(29)49-41(31)25-27/h1-25H. The summed E-state index contributed by atoms with van der Waals surface area (Å²) < 4.78 is 17.7. The number of para-hydroxylation sites is 5. The summed E-state index contributed by atoms with van der Waals surface area (Å²) in [6.07, 6.45) is 0. The van der Waals surface area contributed by atoms with E-state index in [9.17, 15) is 0 Å². The predicted molar refractivity (Wildman–Crippen MR) is 201 cm³/mol. The highest BCUT2D eigenvalue weighted by Crippen LogP contribution is 2.48. The third-order valence-corrected chi connectivity index (χ3v) is 10.4. The first-order valence-corrected chi connectivity index (χ1v) is 16.6. The van der Waals surface area contributed by atoms with E-state index < -0.39 is 0 Å². The lowest BCUT2D eigenvalue weighted by molar-refractivity contribution is 0.669. The second-order valence-electron chi connectivity index (χ2n) is 12.9. The Morgan fingerprint density at radius 3 is 1.49 bits per heavy atom. The highest BCUT2D eigenvalue weighted by atomic mass is 16.3. The van der Waals surface area contributed by atoms with Crippen molar-refractivity contribution in [1.29, 1.82) is 0 Å². The maximum atomic E-state index is 6.44. The highest BCUT2D eigenvalue weighted by Gasteiger charge is 2.27. The van der Waals surface area contributed by atoms with Crippen LogP contribution in [0, 0.1) is 0 Å². The number of benzene rings is 7. The van der Waals surface area contributed by atoms with E-state index >= 15 is 0 Å². The molecule has 0 unspecified atom stereocenters. The Morgan fingerprint density at radius 2 is 0.857 bits per heavy atom. The van der Waals surface area contributed by atoms with Crippen LogP contribution in [0.4, 0.5) is 17.1 Å². The molecule has 0 aliphatic heterocycles. The lowest BCUT2D eigenvalue weighted by Crippen LogP contribution is -2.10. The smallest absolute Gasteiger partial charge is 0.137 e. The van der Waals surface area contributed by atoms with E-state index in [1.165, 1.54) is 43.9 Å². The van der Waals surface area contributed by atoms with Crippen LogP contribution in [-0.2, 0) is 0 Å². The van der Waals surface area contributed by atoms with Crippen LogP contribution < -0.4 is 4.90 Å². The average Bonchev–Trinajstić information content (AvgIpc) is 3.94. The number of anilines is 3. The van der Waals surface area contributed by atoms with Crippen LogP contribution >= 0.6 is 0 Å². The van der Waals surface area contributed by atoms with Crippen molar-refractivity contribution in [2.75, 3.05) is 4.90 Å². The molecule has 5 heterocycles. The van der Waals surface area contributed by atoms with E-state index in [1.54, 1.807) is 0 Å². The second-order valence-corrected chi connectivity index (χ2v) is 12.9. The van der Waals surface area contributed by atoms with Gasteiger partial charge in [-0.05, 0) is 66.7 Å². The molecule has 49 heavy (non-hydrogen) atoms. The van der Waals surface area contributed by atoms with Crippen LogP contribution in [-0.4, -0.2) is 8.80 Å². The fourth-order valence-electron chi connectivity index (χ4n) is 8.42. The van der Waals surface area contributed by atoms with Gasteiger partial charge in [0, 0.05) is 61.2 Å². The van der Waals surface area contributed by atoms with Crippen molar-refractivity contribution < 1.29 is 8.83 Å². The molecule has 0 saturated carbocycles. The summed E-state index contributed by atoms with van der Waals surface area (Å²) in [7, 11) is 0. The normalized spacial score (nSPS) is 12.5. The number of hydrogen-bond acceptors (Lipinski definition) is 3. The van der Waals surface area contributed by atoms with Gasteiger partial charge in [-0.25, -0.2) is 0 Å². The lowest BCUT2D eigenvalue weighted by Gasteiger charge is -2.26. The molecule has 0 atom stereocenters. The van der Waals surface area contributed by atoms with Gasteiger partial charge in [-0.1, -0.05) is 72.8 Å². The molecule has 0 N–H and O–H groups in total. The zero-order valence-electron chi connectivity index (χ0n) is 26.1. The first kappa shape index (κ1) is 25.4. The van der Waals surface area contributed by atoms with Gasteiger partial charge in [0.05, 0.1) is 27.8 Å². The van der Waals surface area contributed by atoms with Crippen LogP contribution in [0.15, 0.2) is 160 Å². The molecule has 0 fully saturated rings. The monoisotopic (exact) mass is 627 g/mol. The zero-order chi connectivity index (χ0) is 31.8. The minimum absolute atomic E-state index is 0.857. The molecule has 0 saturated heterocycles. The van der Waals surface area contributed by atoms with Crippen LogP contribution in [0.1, 0.15) is 0 Å². The SMILES string of the molecule is c1ccc2c(c1)oc1cc(N(c3ccc4c(c3)oc3ccccc34)c3cccc4c3c3c5ccccc5n5c6ccccc6n4c35)ccc12. The van der Waals surface area contributed by atoms with Crippen molar-refractivity contribution in [2.45, 2.75) is 0 Å². The van der Waals surface area contributed by atoms with Gasteiger partial charge in [-0.2, -0.15) is 0 Å². The van der Waals surface area contributed by atoms with Crippen LogP contribution in [0.25, 0.3) is 87.7 Å². The van der Waals surface area contributed by atoms with Gasteiger partial charge in [-0.15, -0.1) is 0 Å². The van der Waals surface area contributed by atoms with Gasteiger partial charge >= 0.3 is 0 Å². The summed E-state index contributed by atoms with van der Waals surface area (Å²) in [4.78, 5) is 2.37.